The first-order chi connectivity index (χ1) is 9.49. The quantitative estimate of drug-likeness (QED) is 0.562. The summed E-state index contributed by atoms with van der Waals surface area (Å²) in [6, 6.07) is 1.70. The van der Waals surface area contributed by atoms with Crippen LogP contribution in [0.25, 0.3) is 0 Å². The van der Waals surface area contributed by atoms with E-state index in [1.54, 1.807) is 16.8 Å². The van der Waals surface area contributed by atoms with E-state index in [-0.39, 0.29) is 11.8 Å². The molecule has 5 heteroatoms. The Morgan fingerprint density at radius 2 is 2.00 bits per heavy atom. The molecule has 0 aliphatic heterocycles. The molecule has 0 spiro atoms. The zero-order valence-corrected chi connectivity index (χ0v) is 12.1. The number of aromatic nitrogens is 1. The molecule has 2 rings (SSSR count). The number of aryl methyl sites for hydroxylation is 1. The minimum atomic E-state index is -0.137. The van der Waals surface area contributed by atoms with Gasteiger partial charge in [0, 0.05) is 19.0 Å². The minimum Gasteiger partial charge on any atom is -0.325 e. The van der Waals surface area contributed by atoms with Gasteiger partial charge in [0.25, 0.3) is 0 Å². The van der Waals surface area contributed by atoms with Crippen LogP contribution in [0.3, 0.4) is 0 Å². The van der Waals surface area contributed by atoms with E-state index in [0.29, 0.717) is 17.0 Å². The van der Waals surface area contributed by atoms with Crippen molar-refractivity contribution < 1.29 is 4.79 Å². The Morgan fingerprint density at radius 3 is 2.60 bits per heavy atom. The second-order valence-corrected chi connectivity index (χ2v) is 5.53. The molecule has 0 aromatic carbocycles. The average molecular weight is 274 g/mol. The number of hydrogen-bond donors (Lipinski definition) is 3. The molecule has 1 aliphatic carbocycles. The minimum absolute atomic E-state index is 0.137. The number of pyridine rings is 1. The van der Waals surface area contributed by atoms with Crippen LogP contribution in [0, 0.1) is 23.7 Å². The molecule has 0 unspecified atom stereocenters. The van der Waals surface area contributed by atoms with Gasteiger partial charge in [-0.15, -0.1) is 0 Å². The second kappa shape index (κ2) is 6.03. The summed E-state index contributed by atoms with van der Waals surface area (Å²) in [6.07, 6.45) is 7.31. The predicted molar refractivity (Wildman–Crippen MR) is 79.0 cm³/mol. The first-order valence-electron chi connectivity index (χ1n) is 7.13. The number of nitrogens with zero attached hydrogens (tertiary/aromatic N) is 1. The van der Waals surface area contributed by atoms with E-state index in [0.717, 1.165) is 31.2 Å². The summed E-state index contributed by atoms with van der Waals surface area (Å²) >= 11 is 0. The molecule has 1 amide bonds. The van der Waals surface area contributed by atoms with Gasteiger partial charge in [-0.2, -0.15) is 0 Å². The normalized spacial score (nSPS) is 15.9. The van der Waals surface area contributed by atoms with Crippen molar-refractivity contribution in [2.45, 2.75) is 46.0 Å². The van der Waals surface area contributed by atoms with Crippen LogP contribution in [-0.2, 0) is 4.79 Å². The molecule has 3 N–H and O–H groups in total. The van der Waals surface area contributed by atoms with Crippen molar-refractivity contribution in [1.29, 1.82) is 10.8 Å². The predicted octanol–water partition coefficient (Wildman–Crippen LogP) is 2.64. The number of carbonyl (C=O) groups is 1. The van der Waals surface area contributed by atoms with E-state index < -0.39 is 0 Å². The zero-order valence-electron chi connectivity index (χ0n) is 12.1. The molecule has 1 aromatic rings. The van der Waals surface area contributed by atoms with Crippen LogP contribution in [0.1, 0.15) is 44.6 Å². The fourth-order valence-corrected chi connectivity index (χ4v) is 2.75. The smallest absolute Gasteiger partial charge is 0.221 e. The molecule has 0 bridgehead atoms. The van der Waals surface area contributed by atoms with Crippen LogP contribution in [-0.4, -0.2) is 16.3 Å². The molecular formula is C15H22N4O. The lowest BCUT2D eigenvalue weighted by Gasteiger charge is -2.24. The van der Waals surface area contributed by atoms with Gasteiger partial charge in [-0.05, 0) is 31.4 Å². The molecule has 1 heterocycles. The summed E-state index contributed by atoms with van der Waals surface area (Å²) in [4.78, 5) is 11.2. The van der Waals surface area contributed by atoms with Gasteiger partial charge in [0.15, 0.2) is 0 Å². The van der Waals surface area contributed by atoms with Gasteiger partial charge in [0.1, 0.15) is 11.3 Å². The Morgan fingerprint density at radius 1 is 1.35 bits per heavy atom. The largest absolute Gasteiger partial charge is 0.325 e. The van der Waals surface area contributed by atoms with Crippen molar-refractivity contribution in [3.8, 4) is 0 Å². The van der Waals surface area contributed by atoms with Gasteiger partial charge in [0.05, 0.1) is 5.69 Å². The number of nitrogens with one attached hydrogen (secondary N) is 3. The number of hydrogen-bond acceptors (Lipinski definition) is 3. The summed E-state index contributed by atoms with van der Waals surface area (Å²) in [5.41, 5.74) is 1.82. The summed E-state index contributed by atoms with van der Waals surface area (Å²) in [6.45, 7) is 3.32. The third kappa shape index (κ3) is 3.15. The van der Waals surface area contributed by atoms with E-state index in [1.807, 2.05) is 6.92 Å². The molecule has 1 aromatic heterocycles. The fraction of sp³-hybridized carbons (Fsp3) is 0.533. The molecule has 0 atom stereocenters. The first-order valence-corrected chi connectivity index (χ1v) is 7.13. The molecule has 0 radical (unpaired) electrons. The number of anilines is 1. The summed E-state index contributed by atoms with van der Waals surface area (Å²) in [7, 11) is 0. The van der Waals surface area contributed by atoms with Gasteiger partial charge >= 0.3 is 0 Å². The van der Waals surface area contributed by atoms with Crippen molar-refractivity contribution in [2.75, 3.05) is 5.32 Å². The molecule has 5 nitrogen and oxygen atoms in total. The SMILES string of the molecule is CC(=O)Nc1cn(C(=N)C2CCCCC2)c(=N)cc1C. The van der Waals surface area contributed by atoms with E-state index in [1.165, 1.54) is 13.3 Å². The van der Waals surface area contributed by atoms with Crippen LogP contribution in [0.4, 0.5) is 5.69 Å². The van der Waals surface area contributed by atoms with Gasteiger partial charge in [-0.1, -0.05) is 19.3 Å². The molecular weight excluding hydrogens is 252 g/mol. The first kappa shape index (κ1) is 14.5. The zero-order chi connectivity index (χ0) is 14.7. The van der Waals surface area contributed by atoms with Crippen LogP contribution in [0.15, 0.2) is 12.3 Å². The topological polar surface area (TPSA) is 81.7 Å². The van der Waals surface area contributed by atoms with Gasteiger partial charge in [-0.25, -0.2) is 0 Å². The third-order valence-corrected chi connectivity index (χ3v) is 3.86. The van der Waals surface area contributed by atoms with Crippen molar-refractivity contribution in [3.05, 3.63) is 23.3 Å². The van der Waals surface area contributed by atoms with E-state index in [9.17, 15) is 4.79 Å². The second-order valence-electron chi connectivity index (χ2n) is 5.53. The Kier molecular flexibility index (Phi) is 4.37. The molecule has 108 valence electrons. The number of amides is 1. The number of rotatable bonds is 2. The molecule has 1 fully saturated rings. The Bertz CT molecular complexity index is 582. The highest BCUT2D eigenvalue weighted by Crippen LogP contribution is 2.25. The maximum Gasteiger partial charge on any atom is 0.221 e. The van der Waals surface area contributed by atoms with E-state index >= 15 is 0 Å². The maximum atomic E-state index is 11.2. The standard InChI is InChI=1S/C15H22N4O/c1-10-8-14(16)19(9-13(10)18-11(2)20)15(17)12-6-4-3-5-7-12/h8-9,12,16-17H,3-7H2,1-2H3,(H,18,20). The van der Waals surface area contributed by atoms with Crippen LogP contribution >= 0.6 is 0 Å². The van der Waals surface area contributed by atoms with Gasteiger partial charge < -0.3 is 5.32 Å². The van der Waals surface area contributed by atoms with Crippen LogP contribution in [0.2, 0.25) is 0 Å². The number of carbonyl (C=O) groups excluding carboxylic acids is 1. The van der Waals surface area contributed by atoms with Crippen molar-refractivity contribution in [1.82, 2.24) is 4.57 Å². The summed E-state index contributed by atoms with van der Waals surface area (Å²) < 4.78 is 1.59. The maximum absolute atomic E-state index is 11.2. The Labute approximate surface area is 119 Å². The van der Waals surface area contributed by atoms with Crippen LogP contribution in [0.5, 0.6) is 0 Å². The Hall–Kier alpha value is -1.91. The highest BCUT2D eigenvalue weighted by molar-refractivity contribution is 5.90. The van der Waals surface area contributed by atoms with Crippen molar-refractivity contribution in [3.63, 3.8) is 0 Å². The van der Waals surface area contributed by atoms with Crippen molar-refractivity contribution >= 4 is 17.4 Å². The van der Waals surface area contributed by atoms with Gasteiger partial charge in [0.2, 0.25) is 5.91 Å². The summed E-state index contributed by atoms with van der Waals surface area (Å²) in [5, 5.41) is 19.2. The third-order valence-electron chi connectivity index (χ3n) is 3.86. The van der Waals surface area contributed by atoms with Gasteiger partial charge in [-0.3, -0.25) is 20.2 Å². The van der Waals surface area contributed by atoms with E-state index in [4.69, 9.17) is 10.8 Å². The van der Waals surface area contributed by atoms with E-state index in [2.05, 4.69) is 5.32 Å². The summed E-state index contributed by atoms with van der Waals surface area (Å²) in [5.74, 6) is 0.564. The highest BCUT2D eigenvalue weighted by atomic mass is 16.1. The lowest BCUT2D eigenvalue weighted by molar-refractivity contribution is -0.114. The fourth-order valence-electron chi connectivity index (χ4n) is 2.75. The van der Waals surface area contributed by atoms with Crippen LogP contribution < -0.4 is 10.8 Å². The lowest BCUT2D eigenvalue weighted by atomic mass is 9.88. The highest BCUT2D eigenvalue weighted by Gasteiger charge is 2.20. The van der Waals surface area contributed by atoms with Crippen molar-refractivity contribution in [2.24, 2.45) is 5.92 Å². The molecule has 0 saturated heterocycles. The lowest BCUT2D eigenvalue weighted by Crippen LogP contribution is -2.33. The average Bonchev–Trinajstić information content (AvgIpc) is 2.41. The molecule has 20 heavy (non-hydrogen) atoms. The Balaban J connectivity index is 2.32. The molecule has 1 aliphatic rings. The molecule has 1 saturated carbocycles. The monoisotopic (exact) mass is 274 g/mol.